The third kappa shape index (κ3) is 5.37. The molecule has 0 aromatic heterocycles. The summed E-state index contributed by atoms with van der Waals surface area (Å²) in [5.41, 5.74) is -2.22. The number of nitrogens with one attached hydrogen (secondary N) is 1. The van der Waals surface area contributed by atoms with E-state index in [-0.39, 0.29) is 12.0 Å². The first-order valence-electron chi connectivity index (χ1n) is 8.70. The second kappa shape index (κ2) is 9.10. The standard InChI is InChI=1S/C18H26F2N2O3/c1-25-12-6-3-9-18(24,15-13-14(19)7-8-16(15)20)21-17(23)22-10-4-2-5-11-22/h7-8,13,24H,2-6,9-12H2,1H3,(H,21,23)/t18-/m0/s1. The van der Waals surface area contributed by atoms with Gasteiger partial charge in [-0.25, -0.2) is 13.6 Å². The number of ether oxygens (including phenoxy) is 1. The fraction of sp³-hybridized carbons (Fsp3) is 0.611. The molecule has 0 radical (unpaired) electrons. The Balaban J connectivity index is 2.18. The predicted octanol–water partition coefficient (Wildman–Crippen LogP) is 3.12. The number of likely N-dealkylation sites (tertiary alicyclic amines) is 1. The molecule has 1 aliphatic rings. The Morgan fingerprint density at radius 2 is 2.00 bits per heavy atom. The highest BCUT2D eigenvalue weighted by Gasteiger charge is 2.35. The van der Waals surface area contributed by atoms with Gasteiger partial charge in [-0.05, 0) is 56.7 Å². The molecule has 0 saturated carbocycles. The van der Waals surface area contributed by atoms with Crippen LogP contribution in [0.5, 0.6) is 0 Å². The number of hydrogen-bond acceptors (Lipinski definition) is 3. The van der Waals surface area contributed by atoms with Crippen molar-refractivity contribution in [2.24, 2.45) is 0 Å². The highest BCUT2D eigenvalue weighted by molar-refractivity contribution is 5.75. The average molecular weight is 356 g/mol. The molecule has 2 N–H and O–H groups in total. The summed E-state index contributed by atoms with van der Waals surface area (Å²) in [6.07, 6.45) is 4.04. The van der Waals surface area contributed by atoms with Crippen LogP contribution < -0.4 is 5.32 Å². The van der Waals surface area contributed by atoms with Crippen LogP contribution in [0.2, 0.25) is 0 Å². The molecule has 0 unspecified atom stereocenters. The van der Waals surface area contributed by atoms with E-state index >= 15 is 0 Å². The molecule has 2 rings (SSSR count). The van der Waals surface area contributed by atoms with Crippen molar-refractivity contribution >= 4 is 6.03 Å². The Morgan fingerprint density at radius 1 is 1.28 bits per heavy atom. The molecule has 1 aromatic rings. The molecule has 140 valence electrons. The summed E-state index contributed by atoms with van der Waals surface area (Å²) in [5, 5.41) is 13.5. The SMILES string of the molecule is COCCCC[C@@](O)(NC(=O)N1CCCCC1)c1cc(F)ccc1F. The van der Waals surface area contributed by atoms with Crippen molar-refractivity contribution in [3.05, 3.63) is 35.4 Å². The van der Waals surface area contributed by atoms with Crippen molar-refractivity contribution < 1.29 is 23.4 Å². The zero-order valence-electron chi connectivity index (χ0n) is 14.6. The summed E-state index contributed by atoms with van der Waals surface area (Å²) < 4.78 is 32.8. The Bertz CT molecular complexity index is 579. The van der Waals surface area contributed by atoms with Crippen LogP contribution in [0.4, 0.5) is 13.6 Å². The molecule has 2 amide bonds. The van der Waals surface area contributed by atoms with Crippen LogP contribution in [0.3, 0.4) is 0 Å². The van der Waals surface area contributed by atoms with E-state index in [0.29, 0.717) is 32.5 Å². The van der Waals surface area contributed by atoms with Crippen LogP contribution in [-0.2, 0) is 10.5 Å². The van der Waals surface area contributed by atoms with Crippen molar-refractivity contribution in [3.63, 3.8) is 0 Å². The van der Waals surface area contributed by atoms with E-state index in [9.17, 15) is 18.7 Å². The van der Waals surface area contributed by atoms with Gasteiger partial charge in [-0.2, -0.15) is 0 Å². The molecular weight excluding hydrogens is 330 g/mol. The molecule has 7 heteroatoms. The van der Waals surface area contributed by atoms with Gasteiger partial charge in [0.1, 0.15) is 11.6 Å². The minimum atomic E-state index is -1.96. The number of methoxy groups -OCH3 is 1. The molecule has 1 aliphatic heterocycles. The smallest absolute Gasteiger partial charge is 0.319 e. The summed E-state index contributed by atoms with van der Waals surface area (Å²) in [6.45, 7) is 1.68. The Hall–Kier alpha value is -1.73. The third-order valence-electron chi connectivity index (χ3n) is 4.47. The molecule has 25 heavy (non-hydrogen) atoms. The number of halogens is 2. The lowest BCUT2D eigenvalue weighted by Crippen LogP contribution is -2.53. The van der Waals surface area contributed by atoms with E-state index in [2.05, 4.69) is 5.32 Å². The van der Waals surface area contributed by atoms with E-state index in [1.807, 2.05) is 0 Å². The Morgan fingerprint density at radius 3 is 2.68 bits per heavy atom. The van der Waals surface area contributed by atoms with Crippen molar-refractivity contribution in [1.29, 1.82) is 0 Å². The molecule has 1 heterocycles. The quantitative estimate of drug-likeness (QED) is 0.583. The van der Waals surface area contributed by atoms with Crippen LogP contribution in [0, 0.1) is 11.6 Å². The first kappa shape index (κ1) is 19.6. The lowest BCUT2D eigenvalue weighted by molar-refractivity contribution is -0.00833. The van der Waals surface area contributed by atoms with E-state index in [1.54, 1.807) is 12.0 Å². The molecule has 1 saturated heterocycles. The summed E-state index contributed by atoms with van der Waals surface area (Å²) >= 11 is 0. The molecule has 0 aliphatic carbocycles. The molecule has 1 atom stereocenters. The van der Waals surface area contributed by atoms with E-state index in [0.717, 1.165) is 37.5 Å². The fourth-order valence-electron chi connectivity index (χ4n) is 3.06. The summed E-state index contributed by atoms with van der Waals surface area (Å²) in [4.78, 5) is 14.1. The van der Waals surface area contributed by atoms with Gasteiger partial charge >= 0.3 is 6.03 Å². The highest BCUT2D eigenvalue weighted by atomic mass is 19.1. The number of unbranched alkanes of at least 4 members (excludes halogenated alkanes) is 1. The normalized spacial score (nSPS) is 17.2. The van der Waals surface area contributed by atoms with Gasteiger partial charge in [0.15, 0.2) is 5.72 Å². The van der Waals surface area contributed by atoms with Crippen molar-refractivity contribution in [3.8, 4) is 0 Å². The van der Waals surface area contributed by atoms with Crippen LogP contribution in [-0.4, -0.2) is 42.8 Å². The lowest BCUT2D eigenvalue weighted by Gasteiger charge is -2.34. The maximum absolute atomic E-state index is 14.2. The Kier molecular flexibility index (Phi) is 7.13. The zero-order chi connectivity index (χ0) is 18.3. The first-order chi connectivity index (χ1) is 12.0. The number of amides is 2. The minimum Gasteiger partial charge on any atom is -0.385 e. The van der Waals surface area contributed by atoms with Gasteiger partial charge < -0.3 is 20.1 Å². The van der Waals surface area contributed by atoms with Crippen molar-refractivity contribution in [2.45, 2.75) is 44.2 Å². The molecule has 5 nitrogen and oxygen atoms in total. The molecule has 0 spiro atoms. The summed E-state index contributed by atoms with van der Waals surface area (Å²) in [5.74, 6) is -1.42. The molecule has 1 fully saturated rings. The van der Waals surface area contributed by atoms with Gasteiger partial charge in [0.25, 0.3) is 0 Å². The highest BCUT2D eigenvalue weighted by Crippen LogP contribution is 2.28. The van der Waals surface area contributed by atoms with Gasteiger partial charge in [-0.3, -0.25) is 0 Å². The number of carbonyl (C=O) groups is 1. The Labute approximate surface area is 147 Å². The number of nitrogens with zero attached hydrogens (tertiary/aromatic N) is 1. The molecule has 1 aromatic carbocycles. The third-order valence-corrected chi connectivity index (χ3v) is 4.47. The minimum absolute atomic E-state index is 0.0658. The summed E-state index contributed by atoms with van der Waals surface area (Å²) in [6, 6.07) is 2.41. The fourth-order valence-corrected chi connectivity index (χ4v) is 3.06. The van der Waals surface area contributed by atoms with E-state index in [1.165, 1.54) is 0 Å². The van der Waals surface area contributed by atoms with Crippen LogP contribution in [0.1, 0.15) is 44.1 Å². The number of piperidine rings is 1. The monoisotopic (exact) mass is 356 g/mol. The van der Waals surface area contributed by atoms with Crippen LogP contribution in [0.25, 0.3) is 0 Å². The first-order valence-corrected chi connectivity index (χ1v) is 8.70. The molecular formula is C18H26F2N2O3. The average Bonchev–Trinajstić information content (AvgIpc) is 2.61. The van der Waals surface area contributed by atoms with E-state index in [4.69, 9.17) is 4.74 Å². The number of urea groups is 1. The van der Waals surface area contributed by atoms with Gasteiger partial charge in [0, 0.05) is 32.4 Å². The van der Waals surface area contributed by atoms with Crippen molar-refractivity contribution in [1.82, 2.24) is 10.2 Å². The van der Waals surface area contributed by atoms with Crippen molar-refractivity contribution in [2.75, 3.05) is 26.8 Å². The van der Waals surface area contributed by atoms with Crippen LogP contribution >= 0.6 is 0 Å². The predicted molar refractivity (Wildman–Crippen MR) is 89.9 cm³/mol. The van der Waals surface area contributed by atoms with Gasteiger partial charge in [0.05, 0.1) is 0 Å². The lowest BCUT2D eigenvalue weighted by atomic mass is 9.96. The maximum Gasteiger partial charge on any atom is 0.319 e. The number of aliphatic hydroxyl groups is 1. The number of benzene rings is 1. The summed E-state index contributed by atoms with van der Waals surface area (Å²) in [7, 11) is 1.57. The van der Waals surface area contributed by atoms with Gasteiger partial charge in [-0.15, -0.1) is 0 Å². The van der Waals surface area contributed by atoms with E-state index < -0.39 is 23.4 Å². The number of hydrogen-bond donors (Lipinski definition) is 2. The number of rotatable bonds is 7. The van der Waals surface area contributed by atoms with Gasteiger partial charge in [0.2, 0.25) is 0 Å². The second-order valence-corrected chi connectivity index (χ2v) is 6.41. The van der Waals surface area contributed by atoms with Crippen LogP contribution in [0.15, 0.2) is 18.2 Å². The largest absolute Gasteiger partial charge is 0.385 e. The number of carbonyl (C=O) groups excluding carboxylic acids is 1. The zero-order valence-corrected chi connectivity index (χ0v) is 14.6. The topological polar surface area (TPSA) is 61.8 Å². The van der Waals surface area contributed by atoms with Gasteiger partial charge in [-0.1, -0.05) is 0 Å². The molecule has 0 bridgehead atoms. The second-order valence-electron chi connectivity index (χ2n) is 6.41. The maximum atomic E-state index is 14.2.